The SMILES string of the molecule is CC1CN(CC2CCCC(F)(F)C2)C(C)CN1. The summed E-state index contributed by atoms with van der Waals surface area (Å²) in [6, 6.07) is 0.956. The summed E-state index contributed by atoms with van der Waals surface area (Å²) in [5, 5.41) is 3.43. The fourth-order valence-electron chi connectivity index (χ4n) is 3.11. The van der Waals surface area contributed by atoms with Gasteiger partial charge in [0, 0.05) is 44.6 Å². The molecule has 2 aliphatic rings. The minimum Gasteiger partial charge on any atom is -0.311 e. The van der Waals surface area contributed by atoms with E-state index in [1.807, 2.05) is 0 Å². The highest BCUT2D eigenvalue weighted by atomic mass is 19.3. The highest BCUT2D eigenvalue weighted by Gasteiger charge is 2.37. The van der Waals surface area contributed by atoms with Gasteiger partial charge in [0.15, 0.2) is 0 Å². The molecule has 17 heavy (non-hydrogen) atoms. The highest BCUT2D eigenvalue weighted by molar-refractivity contribution is 4.86. The van der Waals surface area contributed by atoms with Crippen LogP contribution in [0.15, 0.2) is 0 Å². The van der Waals surface area contributed by atoms with E-state index in [0.29, 0.717) is 18.5 Å². The van der Waals surface area contributed by atoms with Crippen molar-refractivity contribution in [2.45, 2.75) is 57.5 Å². The van der Waals surface area contributed by atoms with Crippen molar-refractivity contribution in [1.82, 2.24) is 10.2 Å². The Labute approximate surface area is 103 Å². The fourth-order valence-corrected chi connectivity index (χ4v) is 3.11. The average Bonchev–Trinajstić information content (AvgIpc) is 2.22. The lowest BCUT2D eigenvalue weighted by atomic mass is 9.85. The van der Waals surface area contributed by atoms with Crippen molar-refractivity contribution in [2.75, 3.05) is 19.6 Å². The average molecular weight is 246 g/mol. The minimum absolute atomic E-state index is 0.0943. The van der Waals surface area contributed by atoms with Crippen molar-refractivity contribution in [1.29, 1.82) is 0 Å². The second-order valence-electron chi connectivity index (χ2n) is 5.93. The van der Waals surface area contributed by atoms with Gasteiger partial charge in [-0.2, -0.15) is 0 Å². The summed E-state index contributed by atoms with van der Waals surface area (Å²) >= 11 is 0. The van der Waals surface area contributed by atoms with Gasteiger partial charge in [0.1, 0.15) is 0 Å². The lowest BCUT2D eigenvalue weighted by Gasteiger charge is -2.41. The van der Waals surface area contributed by atoms with E-state index in [4.69, 9.17) is 0 Å². The van der Waals surface area contributed by atoms with E-state index in [1.54, 1.807) is 0 Å². The molecule has 0 spiro atoms. The van der Waals surface area contributed by atoms with Gasteiger partial charge >= 0.3 is 0 Å². The van der Waals surface area contributed by atoms with Crippen LogP contribution in [0.2, 0.25) is 0 Å². The monoisotopic (exact) mass is 246 g/mol. The van der Waals surface area contributed by atoms with E-state index in [-0.39, 0.29) is 18.8 Å². The van der Waals surface area contributed by atoms with Crippen molar-refractivity contribution in [3.8, 4) is 0 Å². The van der Waals surface area contributed by atoms with E-state index in [2.05, 4.69) is 24.1 Å². The number of piperazine rings is 1. The summed E-state index contributed by atoms with van der Waals surface area (Å²) < 4.78 is 26.7. The number of hydrogen-bond donors (Lipinski definition) is 1. The predicted octanol–water partition coefficient (Wildman–Crippen LogP) is 2.49. The standard InChI is InChI=1S/C13H24F2N2/c1-10-8-17(11(2)7-16-10)9-12-4-3-5-13(14,15)6-12/h10-12,16H,3-9H2,1-2H3. The van der Waals surface area contributed by atoms with Crippen LogP contribution >= 0.6 is 0 Å². The number of nitrogens with one attached hydrogen (secondary N) is 1. The van der Waals surface area contributed by atoms with Crippen molar-refractivity contribution in [3.05, 3.63) is 0 Å². The molecule has 4 heteroatoms. The Kier molecular flexibility index (Phi) is 4.03. The van der Waals surface area contributed by atoms with Crippen LogP contribution in [0.25, 0.3) is 0 Å². The first kappa shape index (κ1) is 13.2. The maximum atomic E-state index is 13.4. The first-order chi connectivity index (χ1) is 7.96. The van der Waals surface area contributed by atoms with Gasteiger partial charge in [0.2, 0.25) is 5.92 Å². The summed E-state index contributed by atoms with van der Waals surface area (Å²) in [4.78, 5) is 2.38. The number of nitrogens with zero attached hydrogens (tertiary/aromatic N) is 1. The van der Waals surface area contributed by atoms with Crippen LogP contribution in [0.5, 0.6) is 0 Å². The van der Waals surface area contributed by atoms with Gasteiger partial charge in [-0.15, -0.1) is 0 Å². The molecule has 1 N–H and O–H groups in total. The van der Waals surface area contributed by atoms with Crippen LogP contribution in [-0.4, -0.2) is 42.5 Å². The fraction of sp³-hybridized carbons (Fsp3) is 1.00. The van der Waals surface area contributed by atoms with Crippen LogP contribution in [0.4, 0.5) is 8.78 Å². The van der Waals surface area contributed by atoms with E-state index >= 15 is 0 Å². The van der Waals surface area contributed by atoms with E-state index in [0.717, 1.165) is 26.1 Å². The lowest BCUT2D eigenvalue weighted by molar-refractivity contribution is -0.0596. The van der Waals surface area contributed by atoms with Gasteiger partial charge in [-0.05, 0) is 32.6 Å². The Bertz CT molecular complexity index is 258. The summed E-state index contributed by atoms with van der Waals surface area (Å²) in [5.41, 5.74) is 0. The van der Waals surface area contributed by atoms with Gasteiger partial charge in [0.05, 0.1) is 0 Å². The second kappa shape index (κ2) is 5.19. The molecular weight excluding hydrogens is 222 g/mol. The largest absolute Gasteiger partial charge is 0.311 e. The summed E-state index contributed by atoms with van der Waals surface area (Å²) in [6.45, 7) is 7.16. The lowest BCUT2D eigenvalue weighted by Crippen LogP contribution is -2.55. The number of hydrogen-bond acceptors (Lipinski definition) is 2. The molecule has 1 heterocycles. The molecule has 2 fully saturated rings. The molecule has 3 atom stereocenters. The zero-order valence-corrected chi connectivity index (χ0v) is 10.9. The molecular formula is C13H24F2N2. The second-order valence-corrected chi connectivity index (χ2v) is 5.93. The molecule has 0 aromatic rings. The molecule has 1 aliphatic heterocycles. The molecule has 0 aromatic heterocycles. The van der Waals surface area contributed by atoms with Crippen LogP contribution in [0, 0.1) is 5.92 Å². The smallest absolute Gasteiger partial charge is 0.248 e. The van der Waals surface area contributed by atoms with E-state index in [9.17, 15) is 8.78 Å². The molecule has 2 nitrogen and oxygen atoms in total. The van der Waals surface area contributed by atoms with Crippen molar-refractivity contribution >= 4 is 0 Å². The number of rotatable bonds is 2. The Morgan fingerprint density at radius 1 is 1.35 bits per heavy atom. The molecule has 1 aliphatic carbocycles. The Morgan fingerprint density at radius 2 is 2.12 bits per heavy atom. The van der Waals surface area contributed by atoms with E-state index in [1.165, 1.54) is 0 Å². The number of alkyl halides is 2. The van der Waals surface area contributed by atoms with Crippen LogP contribution in [0.1, 0.15) is 39.5 Å². The molecule has 0 amide bonds. The summed E-state index contributed by atoms with van der Waals surface area (Å²) in [5.74, 6) is -2.22. The van der Waals surface area contributed by atoms with Crippen LogP contribution in [-0.2, 0) is 0 Å². The summed E-state index contributed by atoms with van der Waals surface area (Å²) in [7, 11) is 0. The zero-order chi connectivity index (χ0) is 12.5. The maximum Gasteiger partial charge on any atom is 0.248 e. The highest BCUT2D eigenvalue weighted by Crippen LogP contribution is 2.37. The first-order valence-electron chi connectivity index (χ1n) is 6.81. The molecule has 2 rings (SSSR count). The van der Waals surface area contributed by atoms with Crippen molar-refractivity contribution in [3.63, 3.8) is 0 Å². The first-order valence-corrected chi connectivity index (χ1v) is 6.81. The Balaban J connectivity index is 1.87. The van der Waals surface area contributed by atoms with E-state index < -0.39 is 5.92 Å². The maximum absolute atomic E-state index is 13.4. The van der Waals surface area contributed by atoms with Gasteiger partial charge in [0.25, 0.3) is 0 Å². The quantitative estimate of drug-likeness (QED) is 0.805. The molecule has 1 saturated heterocycles. The third-order valence-electron chi connectivity index (χ3n) is 4.13. The Hall–Kier alpha value is -0.220. The minimum atomic E-state index is -2.41. The molecule has 1 saturated carbocycles. The third kappa shape index (κ3) is 3.62. The molecule has 0 aromatic carbocycles. The summed E-state index contributed by atoms with van der Waals surface area (Å²) in [6.07, 6.45) is 1.85. The van der Waals surface area contributed by atoms with Crippen LogP contribution < -0.4 is 5.32 Å². The Morgan fingerprint density at radius 3 is 2.82 bits per heavy atom. The van der Waals surface area contributed by atoms with Gasteiger partial charge in [-0.1, -0.05) is 0 Å². The predicted molar refractivity (Wildman–Crippen MR) is 65.4 cm³/mol. The molecule has 0 bridgehead atoms. The van der Waals surface area contributed by atoms with Gasteiger partial charge < -0.3 is 5.32 Å². The normalized spacial score (nSPS) is 39.2. The van der Waals surface area contributed by atoms with Crippen LogP contribution in [0.3, 0.4) is 0 Å². The molecule has 100 valence electrons. The molecule has 0 radical (unpaired) electrons. The number of halogens is 2. The van der Waals surface area contributed by atoms with Gasteiger partial charge in [-0.25, -0.2) is 8.78 Å². The topological polar surface area (TPSA) is 15.3 Å². The van der Waals surface area contributed by atoms with Crippen molar-refractivity contribution in [2.24, 2.45) is 5.92 Å². The van der Waals surface area contributed by atoms with Gasteiger partial charge in [-0.3, -0.25) is 4.90 Å². The molecule has 3 unspecified atom stereocenters. The zero-order valence-electron chi connectivity index (χ0n) is 10.9. The third-order valence-corrected chi connectivity index (χ3v) is 4.13. The van der Waals surface area contributed by atoms with Crippen molar-refractivity contribution < 1.29 is 8.78 Å².